The van der Waals surface area contributed by atoms with Gasteiger partial charge in [-0.15, -0.1) is 0 Å². The van der Waals surface area contributed by atoms with E-state index in [9.17, 15) is 24.6 Å². The average molecular weight is 573 g/mol. The Bertz CT molecular complexity index is 962. The Labute approximate surface area is 246 Å². The Balaban J connectivity index is 1.75. The minimum absolute atomic E-state index is 0.00983. The van der Waals surface area contributed by atoms with Crippen LogP contribution in [0.5, 0.6) is 0 Å². The van der Waals surface area contributed by atoms with Crippen LogP contribution in [0.3, 0.4) is 0 Å². The number of rotatable bonds is 16. The largest absolute Gasteiger partial charge is 0.390 e. The third-order valence-corrected chi connectivity index (χ3v) is 8.54. The fourth-order valence-electron chi connectivity index (χ4n) is 5.88. The zero-order valence-corrected chi connectivity index (χ0v) is 25.5. The van der Waals surface area contributed by atoms with E-state index >= 15 is 0 Å². The number of hydrogen-bond donors (Lipinski definition) is 3. The predicted molar refractivity (Wildman–Crippen MR) is 158 cm³/mol. The highest BCUT2D eigenvalue weighted by Crippen LogP contribution is 2.37. The van der Waals surface area contributed by atoms with Crippen molar-refractivity contribution in [2.45, 2.75) is 109 Å². The first-order valence-corrected chi connectivity index (χ1v) is 15.6. The zero-order chi connectivity index (χ0) is 29.9. The smallest absolute Gasteiger partial charge is 0.241 e. The number of aromatic nitrogens is 1. The van der Waals surface area contributed by atoms with Crippen LogP contribution in [0.1, 0.15) is 90.0 Å². The molecule has 0 spiro atoms. The SMILES string of the molecule is CC(C)C[C@H](O)[C@H](O)[C@H](CC1CCCCC1)NC(=O)[C@@H](CC(=O)N(CC(=O)N(C)C)Cc1cccnc1)CC1CC1. The van der Waals surface area contributed by atoms with Crippen molar-refractivity contribution in [3.05, 3.63) is 30.1 Å². The first-order valence-electron chi connectivity index (χ1n) is 15.6. The highest BCUT2D eigenvalue weighted by atomic mass is 16.3. The number of amides is 3. The summed E-state index contributed by atoms with van der Waals surface area (Å²) in [4.78, 5) is 47.1. The molecule has 1 aromatic heterocycles. The summed E-state index contributed by atoms with van der Waals surface area (Å²) in [6, 6.07) is 3.08. The summed E-state index contributed by atoms with van der Waals surface area (Å²) in [5, 5.41) is 25.1. The maximum Gasteiger partial charge on any atom is 0.241 e. The molecule has 2 saturated carbocycles. The van der Waals surface area contributed by atoms with E-state index in [0.717, 1.165) is 44.1 Å². The summed E-state index contributed by atoms with van der Waals surface area (Å²) >= 11 is 0. The van der Waals surface area contributed by atoms with E-state index in [0.29, 0.717) is 31.1 Å². The number of aliphatic hydroxyl groups is 2. The molecule has 0 unspecified atom stereocenters. The number of carbonyl (C=O) groups is 3. The van der Waals surface area contributed by atoms with Crippen LogP contribution in [0.2, 0.25) is 0 Å². The van der Waals surface area contributed by atoms with Crippen LogP contribution in [0.25, 0.3) is 0 Å². The molecule has 0 saturated heterocycles. The molecular weight excluding hydrogens is 520 g/mol. The van der Waals surface area contributed by atoms with Gasteiger partial charge in [-0.2, -0.15) is 0 Å². The van der Waals surface area contributed by atoms with E-state index < -0.39 is 24.2 Å². The molecule has 2 fully saturated rings. The molecule has 0 aromatic carbocycles. The lowest BCUT2D eigenvalue weighted by molar-refractivity contribution is -0.142. The molecule has 230 valence electrons. The molecule has 2 aliphatic rings. The Morgan fingerprint density at radius 2 is 1.68 bits per heavy atom. The molecule has 9 heteroatoms. The maximum atomic E-state index is 13.8. The van der Waals surface area contributed by atoms with E-state index in [1.165, 1.54) is 16.2 Å². The Morgan fingerprint density at radius 1 is 1.00 bits per heavy atom. The molecule has 4 atom stereocenters. The van der Waals surface area contributed by atoms with Gasteiger partial charge in [0.15, 0.2) is 0 Å². The van der Waals surface area contributed by atoms with Crippen LogP contribution in [0, 0.1) is 23.7 Å². The second-order valence-electron chi connectivity index (χ2n) is 13.0. The van der Waals surface area contributed by atoms with E-state index in [2.05, 4.69) is 10.3 Å². The van der Waals surface area contributed by atoms with Crippen LogP contribution in [0.4, 0.5) is 0 Å². The van der Waals surface area contributed by atoms with Gasteiger partial charge in [0.1, 0.15) is 12.6 Å². The monoisotopic (exact) mass is 572 g/mol. The lowest BCUT2D eigenvalue weighted by atomic mass is 9.82. The molecule has 2 aliphatic carbocycles. The quantitative estimate of drug-likeness (QED) is 0.279. The minimum Gasteiger partial charge on any atom is -0.390 e. The van der Waals surface area contributed by atoms with Crippen molar-refractivity contribution in [2.24, 2.45) is 23.7 Å². The highest BCUT2D eigenvalue weighted by Gasteiger charge is 2.36. The number of pyridine rings is 1. The minimum atomic E-state index is -1.07. The lowest BCUT2D eigenvalue weighted by Crippen LogP contribution is -2.51. The first-order chi connectivity index (χ1) is 19.5. The highest BCUT2D eigenvalue weighted by molar-refractivity contribution is 5.88. The van der Waals surface area contributed by atoms with Crippen molar-refractivity contribution >= 4 is 17.7 Å². The van der Waals surface area contributed by atoms with Gasteiger partial charge in [-0.1, -0.05) is 64.9 Å². The second-order valence-corrected chi connectivity index (χ2v) is 13.0. The summed E-state index contributed by atoms with van der Waals surface area (Å²) in [5.41, 5.74) is 0.811. The van der Waals surface area contributed by atoms with Gasteiger partial charge in [0.25, 0.3) is 0 Å². The molecule has 3 rings (SSSR count). The molecule has 1 heterocycles. The molecule has 9 nitrogen and oxygen atoms in total. The molecular formula is C32H52N4O5. The van der Waals surface area contributed by atoms with Gasteiger partial charge < -0.3 is 25.3 Å². The van der Waals surface area contributed by atoms with Crippen molar-refractivity contribution < 1.29 is 24.6 Å². The predicted octanol–water partition coefficient (Wildman–Crippen LogP) is 3.53. The molecule has 3 amide bonds. The third kappa shape index (κ3) is 11.3. The fraction of sp³-hybridized carbons (Fsp3) is 0.750. The van der Waals surface area contributed by atoms with Crippen molar-refractivity contribution in [1.29, 1.82) is 0 Å². The van der Waals surface area contributed by atoms with Gasteiger partial charge in [-0.3, -0.25) is 19.4 Å². The number of aliphatic hydroxyl groups excluding tert-OH is 2. The molecule has 3 N–H and O–H groups in total. The van der Waals surface area contributed by atoms with Crippen LogP contribution in [-0.4, -0.2) is 81.6 Å². The molecule has 0 aliphatic heterocycles. The van der Waals surface area contributed by atoms with E-state index in [-0.39, 0.29) is 43.1 Å². The third-order valence-electron chi connectivity index (χ3n) is 8.54. The lowest BCUT2D eigenvalue weighted by Gasteiger charge is -2.34. The summed E-state index contributed by atoms with van der Waals surface area (Å²) in [5.74, 6) is -0.255. The summed E-state index contributed by atoms with van der Waals surface area (Å²) in [7, 11) is 3.31. The van der Waals surface area contributed by atoms with Crippen molar-refractivity contribution in [1.82, 2.24) is 20.1 Å². The molecule has 0 radical (unpaired) electrons. The number of hydrogen-bond acceptors (Lipinski definition) is 6. The second kappa shape index (κ2) is 16.2. The molecule has 1 aromatic rings. The van der Waals surface area contributed by atoms with Crippen LogP contribution in [0.15, 0.2) is 24.5 Å². The summed E-state index contributed by atoms with van der Waals surface area (Å²) in [6.07, 6.45) is 10.7. The first kappa shape index (κ1) is 33.0. The topological polar surface area (TPSA) is 123 Å². The van der Waals surface area contributed by atoms with E-state index in [1.807, 2.05) is 19.9 Å². The van der Waals surface area contributed by atoms with E-state index in [1.54, 1.807) is 32.6 Å². The van der Waals surface area contributed by atoms with Crippen molar-refractivity contribution in [3.63, 3.8) is 0 Å². The number of likely N-dealkylation sites (N-methyl/N-ethyl adjacent to an activating group) is 1. The average Bonchev–Trinajstić information content (AvgIpc) is 3.76. The molecule has 41 heavy (non-hydrogen) atoms. The van der Waals surface area contributed by atoms with Gasteiger partial charge in [0, 0.05) is 45.4 Å². The van der Waals surface area contributed by atoms with Gasteiger partial charge in [0.05, 0.1) is 12.1 Å². The van der Waals surface area contributed by atoms with Gasteiger partial charge in [-0.05, 0) is 48.6 Å². The summed E-state index contributed by atoms with van der Waals surface area (Å²) in [6.45, 7) is 4.15. The van der Waals surface area contributed by atoms with Gasteiger partial charge in [0.2, 0.25) is 17.7 Å². The maximum absolute atomic E-state index is 13.8. The Morgan fingerprint density at radius 3 is 2.27 bits per heavy atom. The van der Waals surface area contributed by atoms with Crippen molar-refractivity contribution in [2.75, 3.05) is 20.6 Å². The fourth-order valence-corrected chi connectivity index (χ4v) is 5.88. The van der Waals surface area contributed by atoms with Crippen LogP contribution in [-0.2, 0) is 20.9 Å². The van der Waals surface area contributed by atoms with E-state index in [4.69, 9.17) is 0 Å². The number of carbonyl (C=O) groups excluding carboxylic acids is 3. The standard InChI is InChI=1S/C32H52N4O5/c1-22(2)15-28(37)31(40)27(17-23-9-6-5-7-10-23)34-32(41)26(16-24-12-13-24)18-29(38)36(21-30(39)35(3)4)20-25-11-8-14-33-19-25/h8,11,14,19,22-24,26-28,31,37,40H,5-7,9-10,12-13,15-18,20-21H2,1-4H3,(H,34,41)/t26-,27+,28+,31-/m1/s1. The van der Waals surface area contributed by atoms with Crippen LogP contribution < -0.4 is 5.32 Å². The van der Waals surface area contributed by atoms with Crippen LogP contribution >= 0.6 is 0 Å². The number of nitrogens with zero attached hydrogens (tertiary/aromatic N) is 3. The zero-order valence-electron chi connectivity index (χ0n) is 25.5. The Hall–Kier alpha value is -2.52. The molecule has 0 bridgehead atoms. The number of nitrogens with one attached hydrogen (secondary N) is 1. The Kier molecular flexibility index (Phi) is 13.0. The van der Waals surface area contributed by atoms with Crippen molar-refractivity contribution in [3.8, 4) is 0 Å². The van der Waals surface area contributed by atoms with Gasteiger partial charge >= 0.3 is 0 Å². The summed E-state index contributed by atoms with van der Waals surface area (Å²) < 4.78 is 0. The van der Waals surface area contributed by atoms with Gasteiger partial charge in [-0.25, -0.2) is 0 Å². The normalized spacial score (nSPS) is 18.8.